The van der Waals surface area contributed by atoms with Crippen LogP contribution in [-0.2, 0) is 0 Å². The van der Waals surface area contributed by atoms with Crippen LogP contribution in [-0.4, -0.2) is 23.3 Å². The fourth-order valence-electron chi connectivity index (χ4n) is 0.799. The molecule has 1 amide bonds. The largest absolute Gasteiger partial charge is 0.351 e. The van der Waals surface area contributed by atoms with Crippen molar-refractivity contribution in [3.63, 3.8) is 0 Å². The van der Waals surface area contributed by atoms with Crippen molar-refractivity contribution in [3.05, 3.63) is 29.0 Å². The molecule has 0 unspecified atom stereocenters. The van der Waals surface area contributed by atoms with Gasteiger partial charge in [0.15, 0.2) is 0 Å². The van der Waals surface area contributed by atoms with E-state index in [9.17, 15) is 4.79 Å². The quantitative estimate of drug-likeness (QED) is 0.786. The highest BCUT2D eigenvalue weighted by atomic mass is 35.5. The summed E-state index contributed by atoms with van der Waals surface area (Å²) in [6.07, 6.45) is 2.93. The maximum Gasteiger partial charge on any atom is 0.252 e. The number of carbonyl (C=O) groups is 1. The number of aromatic nitrogens is 1. The predicted octanol–water partition coefficient (Wildman–Crippen LogP) is 1.70. The van der Waals surface area contributed by atoms with E-state index >= 15 is 0 Å². The first-order valence-corrected chi connectivity index (χ1v) is 4.60. The van der Waals surface area contributed by atoms with Gasteiger partial charge >= 0.3 is 0 Å². The fourth-order valence-corrected chi connectivity index (χ4v) is 1.07. The van der Waals surface area contributed by atoms with Crippen LogP contribution in [0.2, 0.25) is 5.02 Å². The number of nitrogens with zero attached hydrogens (tertiary/aromatic N) is 1. The summed E-state index contributed by atoms with van der Waals surface area (Å²) in [5.74, 6) is 0.176. The molecule has 0 aromatic carbocycles. The average Bonchev–Trinajstić information content (AvgIpc) is 2.14. The molecular weight excluding hydrogens is 211 g/mol. The lowest BCUT2D eigenvalue weighted by atomic mass is 10.3. The number of carbonyl (C=O) groups excluding carboxylic acids is 1. The summed E-state index contributed by atoms with van der Waals surface area (Å²) in [6, 6.07) is 1.55. The Morgan fingerprint density at radius 3 is 2.92 bits per heavy atom. The molecule has 1 rings (SSSR count). The van der Waals surface area contributed by atoms with Gasteiger partial charge in [0.2, 0.25) is 0 Å². The fraction of sp³-hybridized carbons (Fsp3) is 0.250. The van der Waals surface area contributed by atoms with Gasteiger partial charge in [-0.1, -0.05) is 11.6 Å². The first-order valence-electron chi connectivity index (χ1n) is 3.69. The molecule has 0 radical (unpaired) electrons. The zero-order chi connectivity index (χ0) is 9.68. The monoisotopic (exact) mass is 218 g/mol. The van der Waals surface area contributed by atoms with Gasteiger partial charge < -0.3 is 5.32 Å². The van der Waals surface area contributed by atoms with Crippen LogP contribution in [0, 0.1) is 0 Å². The van der Waals surface area contributed by atoms with E-state index < -0.39 is 0 Å². The summed E-state index contributed by atoms with van der Waals surface area (Å²) >= 11 is 11.1. The van der Waals surface area contributed by atoms with E-state index in [-0.39, 0.29) is 5.91 Å². The van der Waals surface area contributed by atoms with Crippen molar-refractivity contribution < 1.29 is 4.79 Å². The number of halogens is 2. The molecule has 13 heavy (non-hydrogen) atoms. The van der Waals surface area contributed by atoms with Gasteiger partial charge in [-0.3, -0.25) is 9.78 Å². The predicted molar refractivity (Wildman–Crippen MR) is 52.3 cm³/mol. The molecular formula is C8H8Cl2N2O. The molecule has 0 atom stereocenters. The van der Waals surface area contributed by atoms with Gasteiger partial charge in [0.25, 0.3) is 5.91 Å². The molecule has 0 saturated carbocycles. The van der Waals surface area contributed by atoms with E-state index in [1.807, 2.05) is 0 Å². The number of amides is 1. The van der Waals surface area contributed by atoms with Gasteiger partial charge in [-0.2, -0.15) is 0 Å². The lowest BCUT2D eigenvalue weighted by Gasteiger charge is -2.01. The Kier molecular flexibility index (Phi) is 3.99. The number of nitrogens with one attached hydrogen (secondary N) is 1. The SMILES string of the molecule is O=C(NCCCl)c1cncc(Cl)c1. The number of alkyl halides is 1. The zero-order valence-electron chi connectivity index (χ0n) is 6.76. The van der Waals surface area contributed by atoms with E-state index in [0.717, 1.165) is 0 Å². The Hall–Kier alpha value is -0.800. The van der Waals surface area contributed by atoms with Crippen LogP contribution in [0.5, 0.6) is 0 Å². The van der Waals surface area contributed by atoms with E-state index in [4.69, 9.17) is 23.2 Å². The minimum atomic E-state index is -0.212. The van der Waals surface area contributed by atoms with Gasteiger partial charge in [-0.25, -0.2) is 0 Å². The number of hydrogen-bond acceptors (Lipinski definition) is 2. The van der Waals surface area contributed by atoms with Gasteiger partial charge in [-0.05, 0) is 6.07 Å². The summed E-state index contributed by atoms with van der Waals surface area (Å²) in [6.45, 7) is 0.437. The van der Waals surface area contributed by atoms with Crippen LogP contribution in [0.1, 0.15) is 10.4 Å². The van der Waals surface area contributed by atoms with Crippen molar-refractivity contribution in [1.29, 1.82) is 0 Å². The molecule has 0 aliphatic rings. The molecule has 0 saturated heterocycles. The van der Waals surface area contributed by atoms with Crippen molar-refractivity contribution in [2.45, 2.75) is 0 Å². The molecule has 0 bridgehead atoms. The molecule has 1 aromatic rings. The molecule has 0 spiro atoms. The van der Waals surface area contributed by atoms with Gasteiger partial charge in [0.05, 0.1) is 10.6 Å². The Morgan fingerprint density at radius 1 is 1.54 bits per heavy atom. The standard InChI is InChI=1S/C8H8Cl2N2O/c9-1-2-12-8(13)6-3-7(10)5-11-4-6/h3-5H,1-2H2,(H,12,13). The molecule has 0 fully saturated rings. The van der Waals surface area contributed by atoms with E-state index in [1.165, 1.54) is 12.4 Å². The Morgan fingerprint density at radius 2 is 2.31 bits per heavy atom. The molecule has 1 N–H and O–H groups in total. The Bertz CT molecular complexity index is 304. The zero-order valence-corrected chi connectivity index (χ0v) is 8.27. The number of hydrogen-bond donors (Lipinski definition) is 1. The smallest absolute Gasteiger partial charge is 0.252 e. The van der Waals surface area contributed by atoms with Crippen molar-refractivity contribution in [3.8, 4) is 0 Å². The molecule has 1 aromatic heterocycles. The van der Waals surface area contributed by atoms with E-state index in [0.29, 0.717) is 23.0 Å². The third-order valence-corrected chi connectivity index (χ3v) is 1.74. The second-order valence-corrected chi connectivity index (χ2v) is 3.15. The van der Waals surface area contributed by atoms with Crippen LogP contribution in [0.3, 0.4) is 0 Å². The summed E-state index contributed by atoms with van der Waals surface area (Å²) in [5, 5.41) is 3.05. The Labute approximate surface area is 86.1 Å². The lowest BCUT2D eigenvalue weighted by Crippen LogP contribution is -2.25. The maximum atomic E-state index is 11.3. The number of rotatable bonds is 3. The summed E-state index contributed by atoms with van der Waals surface area (Å²) in [4.78, 5) is 15.1. The highest BCUT2D eigenvalue weighted by Crippen LogP contribution is 2.07. The van der Waals surface area contributed by atoms with Gasteiger partial charge in [0, 0.05) is 24.8 Å². The third-order valence-electron chi connectivity index (χ3n) is 1.35. The molecule has 0 aliphatic carbocycles. The summed E-state index contributed by atoms with van der Waals surface area (Å²) in [7, 11) is 0. The first-order chi connectivity index (χ1) is 6.24. The van der Waals surface area contributed by atoms with Crippen molar-refractivity contribution in [2.75, 3.05) is 12.4 Å². The van der Waals surface area contributed by atoms with E-state index in [2.05, 4.69) is 10.3 Å². The second-order valence-electron chi connectivity index (χ2n) is 2.34. The molecule has 3 nitrogen and oxygen atoms in total. The Balaban J connectivity index is 2.66. The topological polar surface area (TPSA) is 42.0 Å². The molecule has 5 heteroatoms. The van der Waals surface area contributed by atoms with Crippen molar-refractivity contribution >= 4 is 29.1 Å². The van der Waals surface area contributed by atoms with Gasteiger partial charge in [-0.15, -0.1) is 11.6 Å². The van der Waals surface area contributed by atoms with Crippen molar-refractivity contribution in [1.82, 2.24) is 10.3 Å². The molecule has 0 aliphatic heterocycles. The van der Waals surface area contributed by atoms with Crippen LogP contribution >= 0.6 is 23.2 Å². The van der Waals surface area contributed by atoms with E-state index in [1.54, 1.807) is 6.07 Å². The van der Waals surface area contributed by atoms with Crippen molar-refractivity contribution in [2.24, 2.45) is 0 Å². The second kappa shape index (κ2) is 5.04. The van der Waals surface area contributed by atoms with Crippen LogP contribution in [0.25, 0.3) is 0 Å². The summed E-state index contributed by atoms with van der Waals surface area (Å²) < 4.78 is 0. The normalized spacial score (nSPS) is 9.69. The van der Waals surface area contributed by atoms with Crippen LogP contribution in [0.4, 0.5) is 0 Å². The first kappa shape index (κ1) is 10.3. The number of pyridine rings is 1. The van der Waals surface area contributed by atoms with Crippen LogP contribution < -0.4 is 5.32 Å². The maximum absolute atomic E-state index is 11.3. The minimum Gasteiger partial charge on any atom is -0.351 e. The van der Waals surface area contributed by atoms with Crippen LogP contribution in [0.15, 0.2) is 18.5 Å². The highest BCUT2D eigenvalue weighted by Gasteiger charge is 2.04. The molecule has 70 valence electrons. The molecule has 1 heterocycles. The lowest BCUT2D eigenvalue weighted by molar-refractivity contribution is 0.0955. The highest BCUT2D eigenvalue weighted by molar-refractivity contribution is 6.30. The average molecular weight is 219 g/mol. The minimum absolute atomic E-state index is 0.212. The summed E-state index contributed by atoms with van der Waals surface area (Å²) in [5.41, 5.74) is 0.442. The third kappa shape index (κ3) is 3.20. The van der Waals surface area contributed by atoms with Gasteiger partial charge in [0.1, 0.15) is 0 Å².